The summed E-state index contributed by atoms with van der Waals surface area (Å²) < 4.78 is 34.5. The summed E-state index contributed by atoms with van der Waals surface area (Å²) in [6, 6.07) is 5.95. The maximum Gasteiger partial charge on any atom is 0.212 e. The monoisotopic (exact) mass is 419 g/mol. The molecule has 3 nitrogen and oxygen atoms in total. The van der Waals surface area contributed by atoms with Crippen molar-refractivity contribution in [3.63, 3.8) is 0 Å². The summed E-state index contributed by atoms with van der Waals surface area (Å²) in [5.74, 6) is -1.30. The van der Waals surface area contributed by atoms with Gasteiger partial charge in [0.15, 0.2) is 0 Å². The van der Waals surface area contributed by atoms with Crippen molar-refractivity contribution in [2.75, 3.05) is 12.2 Å². The normalized spacial score (nSPS) is 10.2. The van der Waals surface area contributed by atoms with Crippen LogP contribution in [0.1, 0.15) is 0 Å². The van der Waals surface area contributed by atoms with Gasteiger partial charge < -0.3 is 9.30 Å². The fraction of sp³-hybridized carbons (Fsp3) is 0.214. The minimum absolute atomic E-state index is 0. The molecule has 0 aliphatic heterocycles. The quantitative estimate of drug-likeness (QED) is 0.562. The van der Waals surface area contributed by atoms with Gasteiger partial charge in [0.2, 0.25) is 5.56 Å². The topological polar surface area (TPSA) is 31.2 Å². The van der Waals surface area contributed by atoms with Crippen LogP contribution in [0, 0.1) is 17.7 Å². The van der Waals surface area contributed by atoms with Crippen LogP contribution in [0.4, 0.5) is 8.78 Å². The molecule has 22 heavy (non-hydrogen) atoms. The zero-order valence-corrected chi connectivity index (χ0v) is 16.2. The van der Waals surface area contributed by atoms with Crippen LogP contribution in [0.3, 0.4) is 0 Å². The van der Waals surface area contributed by atoms with Gasteiger partial charge in [-0.2, -0.15) is 23.7 Å². The molecule has 0 N–H and O–H groups in total. The second-order valence-corrected chi connectivity index (χ2v) is 5.38. The van der Waals surface area contributed by atoms with Crippen LogP contribution in [-0.4, -0.2) is 16.8 Å². The van der Waals surface area contributed by atoms with Crippen LogP contribution in [0.5, 0.6) is 5.75 Å². The van der Waals surface area contributed by atoms with E-state index in [1.165, 1.54) is 24.9 Å². The molecular formula is C14H11ClF2NO2SY-. The molecule has 2 aromatic rings. The van der Waals surface area contributed by atoms with Crippen molar-refractivity contribution in [1.29, 1.82) is 0 Å². The van der Waals surface area contributed by atoms with Crippen molar-refractivity contribution < 1.29 is 46.2 Å². The molecule has 0 fully saturated rings. The van der Waals surface area contributed by atoms with Gasteiger partial charge in [0.25, 0.3) is 0 Å². The summed E-state index contributed by atoms with van der Waals surface area (Å²) in [6.45, 7) is 0. The summed E-state index contributed by atoms with van der Waals surface area (Å²) in [5, 5.41) is -0.0676. The Bertz CT molecular complexity index is 716. The Morgan fingerprint density at radius 2 is 1.95 bits per heavy atom. The Hall–Kier alpha value is -0.426. The van der Waals surface area contributed by atoms with Gasteiger partial charge in [0, 0.05) is 56.9 Å². The summed E-state index contributed by atoms with van der Waals surface area (Å²) in [6.07, 6.45) is 1.81. The molecule has 0 atom stereocenters. The Morgan fingerprint density at radius 3 is 2.50 bits per heavy atom. The van der Waals surface area contributed by atoms with Crippen molar-refractivity contribution >= 4 is 23.4 Å². The van der Waals surface area contributed by atoms with Gasteiger partial charge in [-0.05, 0) is 11.8 Å². The Kier molecular flexibility index (Phi) is 7.52. The first kappa shape index (κ1) is 19.6. The Labute approximate surface area is 160 Å². The molecule has 115 valence electrons. The van der Waals surface area contributed by atoms with Crippen molar-refractivity contribution in [2.45, 2.75) is 0 Å². The number of halogens is 3. The fourth-order valence-corrected chi connectivity index (χ4v) is 2.21. The van der Waals surface area contributed by atoms with Crippen LogP contribution in [0.25, 0.3) is 11.3 Å². The molecule has 0 aliphatic carbocycles. The van der Waals surface area contributed by atoms with E-state index in [-0.39, 0.29) is 60.7 Å². The van der Waals surface area contributed by atoms with Crippen LogP contribution in [0.15, 0.2) is 23.0 Å². The first-order chi connectivity index (χ1) is 9.95. The summed E-state index contributed by atoms with van der Waals surface area (Å²) >= 11 is 7.04. The van der Waals surface area contributed by atoms with Gasteiger partial charge in [-0.3, -0.25) is 4.79 Å². The number of ether oxygens (including phenoxy) is 1. The average Bonchev–Trinajstić information content (AvgIpc) is 2.44. The predicted octanol–water partition coefficient (Wildman–Crippen LogP) is 3.48. The molecule has 1 heterocycles. The number of aromatic nitrogens is 1. The van der Waals surface area contributed by atoms with Crippen molar-refractivity contribution in [3.8, 4) is 17.0 Å². The van der Waals surface area contributed by atoms with E-state index in [1.807, 2.05) is 0 Å². The van der Waals surface area contributed by atoms with Crippen molar-refractivity contribution in [3.05, 3.63) is 51.3 Å². The van der Waals surface area contributed by atoms with E-state index in [0.29, 0.717) is 0 Å². The SMILES string of the molecule is CSCOc1cc(F)c(-c2[c-]cc(Cl)c(=O)n2C)c(F)c1.[Y]. The van der Waals surface area contributed by atoms with Crippen molar-refractivity contribution in [1.82, 2.24) is 4.57 Å². The molecule has 0 aliphatic rings. The summed E-state index contributed by atoms with van der Waals surface area (Å²) in [4.78, 5) is 11.7. The van der Waals surface area contributed by atoms with E-state index in [0.717, 1.165) is 16.7 Å². The first-order valence-electron chi connectivity index (χ1n) is 5.84. The summed E-state index contributed by atoms with van der Waals surface area (Å²) in [5.41, 5.74) is -0.912. The molecule has 1 aromatic heterocycles. The number of pyridine rings is 1. The maximum absolute atomic E-state index is 14.1. The van der Waals surface area contributed by atoms with E-state index in [1.54, 1.807) is 6.26 Å². The van der Waals surface area contributed by atoms with Crippen LogP contribution in [-0.2, 0) is 39.8 Å². The minimum Gasteiger partial charge on any atom is -0.483 e. The first-order valence-corrected chi connectivity index (χ1v) is 7.61. The number of benzene rings is 1. The largest absolute Gasteiger partial charge is 0.483 e. The minimum atomic E-state index is -0.834. The molecule has 1 radical (unpaired) electrons. The van der Waals surface area contributed by atoms with Gasteiger partial charge in [-0.1, -0.05) is 5.69 Å². The Morgan fingerprint density at radius 1 is 1.36 bits per heavy atom. The molecular weight excluding hydrogens is 409 g/mol. The van der Waals surface area contributed by atoms with Crippen LogP contribution in [0.2, 0.25) is 5.02 Å². The van der Waals surface area contributed by atoms with Gasteiger partial charge in [0.1, 0.15) is 11.7 Å². The van der Waals surface area contributed by atoms with Crippen LogP contribution < -0.4 is 10.3 Å². The third kappa shape index (κ3) is 4.10. The molecule has 8 heteroatoms. The molecule has 1 aromatic carbocycles. The molecule has 0 amide bonds. The maximum atomic E-state index is 14.1. The number of rotatable bonds is 4. The third-order valence-corrected chi connectivity index (χ3v) is 3.40. The number of hydrogen-bond donors (Lipinski definition) is 0. The van der Waals surface area contributed by atoms with Gasteiger partial charge >= 0.3 is 0 Å². The molecule has 0 unspecified atom stereocenters. The number of hydrogen-bond acceptors (Lipinski definition) is 3. The Balaban J connectivity index is 0.00000242. The molecule has 0 saturated heterocycles. The van der Waals surface area contributed by atoms with E-state index >= 15 is 0 Å². The second-order valence-electron chi connectivity index (χ2n) is 4.16. The predicted molar refractivity (Wildman–Crippen MR) is 79.9 cm³/mol. The molecule has 0 saturated carbocycles. The standard InChI is InChI=1S/C14H11ClF2NO2S.Y/c1-18-12(4-3-9(15)14(18)19)13-10(16)5-8(6-11(13)17)20-7-21-2;/h3,5-6H,7H2,1-2H3;/q-1;. The van der Waals surface area contributed by atoms with Crippen LogP contribution >= 0.6 is 23.4 Å². The van der Waals surface area contributed by atoms with E-state index in [9.17, 15) is 13.6 Å². The molecule has 0 bridgehead atoms. The molecule has 0 spiro atoms. The van der Waals surface area contributed by atoms with Gasteiger partial charge in [-0.15, -0.1) is 11.8 Å². The van der Waals surface area contributed by atoms with Gasteiger partial charge in [-0.25, -0.2) is 8.78 Å². The van der Waals surface area contributed by atoms with Crippen molar-refractivity contribution in [2.24, 2.45) is 7.05 Å². The van der Waals surface area contributed by atoms with Gasteiger partial charge in [0.05, 0.1) is 11.6 Å². The number of nitrogens with zero attached hydrogens (tertiary/aromatic N) is 1. The zero-order chi connectivity index (χ0) is 15.6. The number of thioether (sulfide) groups is 1. The van der Waals surface area contributed by atoms with E-state index in [2.05, 4.69) is 6.07 Å². The summed E-state index contributed by atoms with van der Waals surface area (Å²) in [7, 11) is 1.37. The smallest absolute Gasteiger partial charge is 0.212 e. The second kappa shape index (κ2) is 8.43. The van der Waals surface area contributed by atoms with E-state index in [4.69, 9.17) is 16.3 Å². The third-order valence-electron chi connectivity index (χ3n) is 2.78. The average molecular weight is 420 g/mol. The fourth-order valence-electron chi connectivity index (χ4n) is 1.78. The molecule has 2 rings (SSSR count). The van der Waals surface area contributed by atoms with E-state index < -0.39 is 17.2 Å². The zero-order valence-electron chi connectivity index (χ0n) is 11.8.